The van der Waals surface area contributed by atoms with E-state index in [2.05, 4.69) is 9.97 Å². The maximum atomic E-state index is 12.3. The zero-order valence-electron chi connectivity index (χ0n) is 10.3. The van der Waals surface area contributed by atoms with Crippen molar-refractivity contribution in [1.82, 2.24) is 14.9 Å². The van der Waals surface area contributed by atoms with E-state index >= 15 is 0 Å². The largest absolute Gasteiger partial charge is 0.395 e. The molecule has 1 aliphatic carbocycles. The summed E-state index contributed by atoms with van der Waals surface area (Å²) in [4.78, 5) is 21.1. The predicted octanol–water partition coefficient (Wildman–Crippen LogP) is -0.672. The van der Waals surface area contributed by atoms with Gasteiger partial charge >= 0.3 is 0 Å². The second kappa shape index (κ2) is 5.97. The third kappa shape index (κ3) is 2.70. The number of nitrogens with one attached hydrogen (secondary N) is 1. The quantitative estimate of drug-likeness (QED) is 0.649. The van der Waals surface area contributed by atoms with Gasteiger partial charge in [-0.25, -0.2) is 4.98 Å². The molecule has 0 aromatic carbocycles. The van der Waals surface area contributed by atoms with Crippen LogP contribution in [0.5, 0.6) is 0 Å². The minimum absolute atomic E-state index is 0.0124. The molecule has 1 aromatic heterocycles. The number of aliphatic hydroxyl groups excluding tert-OH is 2. The Bertz CT molecular complexity index is 399. The van der Waals surface area contributed by atoms with E-state index in [-0.39, 0.29) is 38.1 Å². The van der Waals surface area contributed by atoms with Crippen LogP contribution in [0, 0.1) is 5.92 Å². The first kappa shape index (κ1) is 13.0. The molecule has 6 heteroatoms. The molecule has 0 aliphatic heterocycles. The molecule has 100 valence electrons. The molecule has 0 fully saturated rings. The molecule has 0 bridgehead atoms. The standard InChI is InChI=1S/C12H19N3O3/c16-5-3-15(4-6-17)12(18)9-1-2-10-11(7-9)14-8-13-10/h8-9,16-17H,1-7H2,(H,13,14). The maximum absolute atomic E-state index is 12.3. The van der Waals surface area contributed by atoms with E-state index in [9.17, 15) is 4.79 Å². The number of rotatable bonds is 5. The van der Waals surface area contributed by atoms with E-state index < -0.39 is 0 Å². The molecule has 0 radical (unpaired) electrons. The summed E-state index contributed by atoms with van der Waals surface area (Å²) in [6.07, 6.45) is 3.92. The van der Waals surface area contributed by atoms with Gasteiger partial charge in [0.1, 0.15) is 0 Å². The van der Waals surface area contributed by atoms with Gasteiger partial charge < -0.3 is 20.1 Å². The van der Waals surface area contributed by atoms with Crippen molar-refractivity contribution in [3.8, 4) is 0 Å². The maximum Gasteiger partial charge on any atom is 0.226 e. The van der Waals surface area contributed by atoms with Crippen LogP contribution in [0.2, 0.25) is 0 Å². The molecule has 2 rings (SSSR count). The zero-order chi connectivity index (χ0) is 13.0. The number of aryl methyl sites for hydroxylation is 1. The fraction of sp³-hybridized carbons (Fsp3) is 0.667. The van der Waals surface area contributed by atoms with Crippen LogP contribution in [0.25, 0.3) is 0 Å². The summed E-state index contributed by atoms with van der Waals surface area (Å²) < 4.78 is 0. The molecule has 6 nitrogen and oxygen atoms in total. The van der Waals surface area contributed by atoms with Crippen molar-refractivity contribution < 1.29 is 15.0 Å². The van der Waals surface area contributed by atoms with Crippen LogP contribution in [-0.4, -0.2) is 57.3 Å². The van der Waals surface area contributed by atoms with Crippen molar-refractivity contribution in [3.63, 3.8) is 0 Å². The number of carbonyl (C=O) groups excluding carboxylic acids is 1. The third-order valence-corrected chi connectivity index (χ3v) is 3.39. The molecule has 1 atom stereocenters. The van der Waals surface area contributed by atoms with E-state index in [1.54, 1.807) is 6.33 Å². The second-order valence-electron chi connectivity index (χ2n) is 4.54. The summed E-state index contributed by atoms with van der Waals surface area (Å²) in [6, 6.07) is 0. The van der Waals surface area contributed by atoms with Gasteiger partial charge in [0.05, 0.1) is 25.2 Å². The van der Waals surface area contributed by atoms with Gasteiger partial charge in [-0.1, -0.05) is 0 Å². The van der Waals surface area contributed by atoms with Gasteiger partial charge in [0.2, 0.25) is 5.91 Å². The number of aliphatic hydroxyl groups is 2. The number of imidazole rings is 1. The van der Waals surface area contributed by atoms with Crippen molar-refractivity contribution >= 4 is 5.91 Å². The first-order valence-corrected chi connectivity index (χ1v) is 6.28. The highest BCUT2D eigenvalue weighted by atomic mass is 16.3. The molecule has 1 amide bonds. The van der Waals surface area contributed by atoms with E-state index in [1.165, 1.54) is 4.90 Å². The number of carbonyl (C=O) groups is 1. The third-order valence-electron chi connectivity index (χ3n) is 3.39. The number of hydrogen-bond acceptors (Lipinski definition) is 4. The van der Waals surface area contributed by atoms with Gasteiger partial charge in [0.15, 0.2) is 0 Å². The fourth-order valence-corrected chi connectivity index (χ4v) is 2.44. The Morgan fingerprint density at radius 3 is 2.83 bits per heavy atom. The Kier molecular flexibility index (Phi) is 4.33. The Hall–Kier alpha value is -1.40. The Balaban J connectivity index is 2.01. The number of fused-ring (bicyclic) bond motifs is 1. The summed E-state index contributed by atoms with van der Waals surface area (Å²) in [7, 11) is 0. The van der Waals surface area contributed by atoms with E-state index in [1.807, 2.05) is 0 Å². The van der Waals surface area contributed by atoms with Gasteiger partial charge in [0.25, 0.3) is 0 Å². The second-order valence-corrected chi connectivity index (χ2v) is 4.54. The SMILES string of the molecule is O=C(C1CCc2nc[nH]c2C1)N(CCO)CCO. The first-order chi connectivity index (χ1) is 8.76. The minimum atomic E-state index is -0.0756. The zero-order valence-corrected chi connectivity index (χ0v) is 10.3. The molecule has 0 spiro atoms. The van der Waals surface area contributed by atoms with E-state index in [4.69, 9.17) is 10.2 Å². The summed E-state index contributed by atoms with van der Waals surface area (Å²) in [5.74, 6) is -0.0607. The van der Waals surface area contributed by atoms with Crippen LogP contribution in [0.3, 0.4) is 0 Å². The molecule has 1 aromatic rings. The number of aromatic nitrogens is 2. The average molecular weight is 253 g/mol. The highest BCUT2D eigenvalue weighted by molar-refractivity contribution is 5.79. The number of aromatic amines is 1. The molecule has 1 aliphatic rings. The molecule has 1 unspecified atom stereocenters. The average Bonchev–Trinajstić information content (AvgIpc) is 2.84. The van der Waals surface area contributed by atoms with Crippen LogP contribution in [0.1, 0.15) is 17.8 Å². The highest BCUT2D eigenvalue weighted by Crippen LogP contribution is 2.24. The molecular weight excluding hydrogens is 234 g/mol. The van der Waals surface area contributed by atoms with Crippen molar-refractivity contribution in [3.05, 3.63) is 17.7 Å². The van der Waals surface area contributed by atoms with E-state index in [0.29, 0.717) is 6.42 Å². The molecule has 18 heavy (non-hydrogen) atoms. The number of nitrogens with zero attached hydrogens (tertiary/aromatic N) is 2. The van der Waals surface area contributed by atoms with Gasteiger partial charge in [-0.15, -0.1) is 0 Å². The van der Waals surface area contributed by atoms with Gasteiger partial charge in [-0.3, -0.25) is 4.79 Å². The Morgan fingerprint density at radius 1 is 1.44 bits per heavy atom. The van der Waals surface area contributed by atoms with Crippen molar-refractivity contribution in [2.75, 3.05) is 26.3 Å². The van der Waals surface area contributed by atoms with Crippen LogP contribution in [0.4, 0.5) is 0 Å². The van der Waals surface area contributed by atoms with Crippen LogP contribution in [-0.2, 0) is 17.6 Å². The van der Waals surface area contributed by atoms with Crippen molar-refractivity contribution in [1.29, 1.82) is 0 Å². The predicted molar refractivity (Wildman–Crippen MR) is 64.9 cm³/mol. The van der Waals surface area contributed by atoms with Crippen molar-refractivity contribution in [2.24, 2.45) is 5.92 Å². The lowest BCUT2D eigenvalue weighted by Gasteiger charge is -2.28. The first-order valence-electron chi connectivity index (χ1n) is 6.28. The Labute approximate surface area is 106 Å². The minimum Gasteiger partial charge on any atom is -0.395 e. The molecule has 0 saturated heterocycles. The number of hydrogen-bond donors (Lipinski definition) is 3. The van der Waals surface area contributed by atoms with E-state index in [0.717, 1.165) is 24.2 Å². The topological polar surface area (TPSA) is 89.5 Å². The number of H-pyrrole nitrogens is 1. The molecule has 0 saturated carbocycles. The van der Waals surface area contributed by atoms with Crippen LogP contribution >= 0.6 is 0 Å². The van der Waals surface area contributed by atoms with Gasteiger partial charge in [0, 0.05) is 31.1 Å². The summed E-state index contributed by atoms with van der Waals surface area (Å²) >= 11 is 0. The molecular formula is C12H19N3O3. The Morgan fingerprint density at radius 2 is 2.17 bits per heavy atom. The summed E-state index contributed by atoms with van der Waals surface area (Å²) in [6.45, 7) is 0.416. The van der Waals surface area contributed by atoms with Crippen LogP contribution in [0.15, 0.2) is 6.33 Å². The smallest absolute Gasteiger partial charge is 0.226 e. The summed E-state index contributed by atoms with van der Waals surface area (Å²) in [5.41, 5.74) is 2.09. The normalized spacial score (nSPS) is 18.4. The van der Waals surface area contributed by atoms with Gasteiger partial charge in [-0.2, -0.15) is 0 Å². The fourth-order valence-electron chi connectivity index (χ4n) is 2.44. The molecule has 3 N–H and O–H groups in total. The number of amides is 1. The summed E-state index contributed by atoms with van der Waals surface area (Å²) in [5, 5.41) is 17.9. The molecule has 1 heterocycles. The lowest BCUT2D eigenvalue weighted by molar-refractivity contribution is -0.137. The highest BCUT2D eigenvalue weighted by Gasteiger charge is 2.29. The monoisotopic (exact) mass is 253 g/mol. The van der Waals surface area contributed by atoms with Crippen molar-refractivity contribution in [2.45, 2.75) is 19.3 Å². The van der Waals surface area contributed by atoms with Gasteiger partial charge in [-0.05, 0) is 12.8 Å². The lowest BCUT2D eigenvalue weighted by atomic mass is 9.88. The van der Waals surface area contributed by atoms with Crippen LogP contribution < -0.4 is 0 Å². The lowest BCUT2D eigenvalue weighted by Crippen LogP contribution is -2.41.